The zero-order valence-corrected chi connectivity index (χ0v) is 24.8. The van der Waals surface area contributed by atoms with Gasteiger partial charge < -0.3 is 25.4 Å². The predicted octanol–water partition coefficient (Wildman–Crippen LogP) is 4.94. The molecule has 2 atom stereocenters. The van der Waals surface area contributed by atoms with Crippen molar-refractivity contribution < 1.29 is 14.4 Å². The topological polar surface area (TPSA) is 97.5 Å². The summed E-state index contributed by atoms with van der Waals surface area (Å²) >= 11 is 0. The molecule has 0 saturated carbocycles. The van der Waals surface area contributed by atoms with E-state index in [0.717, 1.165) is 41.7 Å². The highest BCUT2D eigenvalue weighted by atomic mass is 16.2. The van der Waals surface area contributed by atoms with Gasteiger partial charge in [-0.25, -0.2) is 0 Å². The Kier molecular flexibility index (Phi) is 8.29. The molecule has 2 aliphatic heterocycles. The highest BCUT2D eigenvalue weighted by Gasteiger charge is 2.34. The van der Waals surface area contributed by atoms with Gasteiger partial charge in [0.05, 0.1) is 0 Å². The minimum Gasteiger partial charge on any atom is -0.361 e. The molecule has 0 bridgehead atoms. The number of nitrogens with one attached hydrogen (secondary N) is 3. The second-order valence-electron chi connectivity index (χ2n) is 12.0. The van der Waals surface area contributed by atoms with Crippen LogP contribution in [0.15, 0.2) is 79.0 Å². The van der Waals surface area contributed by atoms with E-state index in [4.69, 9.17) is 0 Å². The number of piperidine rings is 1. The van der Waals surface area contributed by atoms with Gasteiger partial charge in [0.2, 0.25) is 11.8 Å². The first-order chi connectivity index (χ1) is 20.9. The smallest absolute Gasteiger partial charge is 0.253 e. The third kappa shape index (κ3) is 6.20. The van der Waals surface area contributed by atoms with Crippen LogP contribution in [0.5, 0.6) is 0 Å². The summed E-state index contributed by atoms with van der Waals surface area (Å²) in [6.45, 7) is 4.86. The number of fused-ring (bicyclic) bond motifs is 2. The lowest BCUT2D eigenvalue weighted by Gasteiger charge is -2.33. The van der Waals surface area contributed by atoms with Gasteiger partial charge in [-0.2, -0.15) is 0 Å². The number of para-hydroxylation sites is 1. The molecule has 8 nitrogen and oxygen atoms in total. The molecule has 4 aromatic rings. The van der Waals surface area contributed by atoms with Crippen molar-refractivity contribution in [2.75, 3.05) is 32.0 Å². The van der Waals surface area contributed by atoms with Crippen LogP contribution < -0.4 is 10.6 Å². The summed E-state index contributed by atoms with van der Waals surface area (Å²) in [4.78, 5) is 47.9. The maximum Gasteiger partial charge on any atom is 0.253 e. The molecule has 1 saturated heterocycles. The maximum atomic E-state index is 13.9. The fraction of sp³-hybridized carbons (Fsp3) is 0.343. The van der Waals surface area contributed by atoms with E-state index in [9.17, 15) is 14.4 Å². The minimum atomic E-state index is -0.783. The Hall–Kier alpha value is -4.43. The van der Waals surface area contributed by atoms with Gasteiger partial charge in [-0.05, 0) is 73.3 Å². The van der Waals surface area contributed by atoms with Gasteiger partial charge in [0, 0.05) is 66.4 Å². The Morgan fingerprint density at radius 3 is 2.44 bits per heavy atom. The number of H-pyrrole nitrogens is 1. The van der Waals surface area contributed by atoms with Crippen LogP contribution in [0.1, 0.15) is 52.7 Å². The van der Waals surface area contributed by atoms with Crippen LogP contribution in [-0.2, 0) is 22.6 Å². The number of carbonyl (C=O) groups is 3. The summed E-state index contributed by atoms with van der Waals surface area (Å²) in [6, 6.07) is 22.6. The Bertz CT molecular complexity index is 1620. The van der Waals surface area contributed by atoms with Crippen LogP contribution in [0, 0.1) is 5.92 Å². The number of rotatable bonds is 7. The normalized spacial score (nSPS) is 17.2. The lowest BCUT2D eigenvalue weighted by Crippen LogP contribution is -2.50. The average Bonchev–Trinajstić information content (AvgIpc) is 3.47. The van der Waals surface area contributed by atoms with Crippen molar-refractivity contribution in [1.82, 2.24) is 20.1 Å². The van der Waals surface area contributed by atoms with Crippen LogP contribution in [0.25, 0.3) is 10.9 Å². The fourth-order valence-electron chi connectivity index (χ4n) is 6.44. The number of nitrogens with zero attached hydrogens (tertiary/aromatic N) is 2. The van der Waals surface area contributed by atoms with E-state index < -0.39 is 6.04 Å². The number of anilines is 1. The molecular formula is C35H39N5O3. The van der Waals surface area contributed by atoms with E-state index in [1.165, 1.54) is 11.1 Å². The van der Waals surface area contributed by atoms with Gasteiger partial charge in [0.25, 0.3) is 5.91 Å². The standard InChI is InChI=1S/C35H39N5O3/c1-23(30-21-36-31-11-7-6-10-29(30)31)32(34(42)37-28-13-12-24-14-17-39(2)22-27(24)20-28)38-33(41)25-15-18-40(19-16-25)35(43)26-8-4-3-5-9-26/h3-13,20-21,23,25,32,36H,14-19,22H2,1-2H3,(H,37,42)(H,38,41). The number of aromatic nitrogens is 1. The van der Waals surface area contributed by atoms with E-state index in [1.54, 1.807) is 0 Å². The molecule has 8 heteroatoms. The highest BCUT2D eigenvalue weighted by Crippen LogP contribution is 2.30. The van der Waals surface area contributed by atoms with Crippen molar-refractivity contribution in [1.29, 1.82) is 0 Å². The molecule has 0 radical (unpaired) electrons. The molecule has 0 spiro atoms. The van der Waals surface area contributed by atoms with Crippen LogP contribution in [0.3, 0.4) is 0 Å². The highest BCUT2D eigenvalue weighted by molar-refractivity contribution is 5.99. The number of likely N-dealkylation sites (tertiary alicyclic amines) is 1. The molecule has 2 aliphatic rings. The maximum absolute atomic E-state index is 13.9. The molecule has 1 fully saturated rings. The number of hydrogen-bond donors (Lipinski definition) is 3. The van der Waals surface area contributed by atoms with E-state index in [0.29, 0.717) is 31.5 Å². The van der Waals surface area contributed by atoms with E-state index in [-0.39, 0.29) is 29.6 Å². The zero-order valence-electron chi connectivity index (χ0n) is 24.8. The predicted molar refractivity (Wildman–Crippen MR) is 169 cm³/mol. The molecule has 222 valence electrons. The van der Waals surface area contributed by atoms with Crippen LogP contribution >= 0.6 is 0 Å². The summed E-state index contributed by atoms with van der Waals surface area (Å²) in [5.74, 6) is -0.966. The number of amides is 3. The molecule has 2 unspecified atom stereocenters. The summed E-state index contributed by atoms with van der Waals surface area (Å²) in [5, 5.41) is 7.27. The van der Waals surface area contributed by atoms with E-state index in [2.05, 4.69) is 39.7 Å². The Morgan fingerprint density at radius 1 is 0.907 bits per heavy atom. The quantitative estimate of drug-likeness (QED) is 0.290. The van der Waals surface area contributed by atoms with Gasteiger partial charge in [-0.15, -0.1) is 0 Å². The summed E-state index contributed by atoms with van der Waals surface area (Å²) in [6.07, 6.45) is 4.04. The van der Waals surface area contributed by atoms with Crippen LogP contribution in [0.4, 0.5) is 5.69 Å². The summed E-state index contributed by atoms with van der Waals surface area (Å²) in [5.41, 5.74) is 5.88. The van der Waals surface area contributed by atoms with Crippen molar-refractivity contribution in [3.8, 4) is 0 Å². The first-order valence-electron chi connectivity index (χ1n) is 15.2. The minimum absolute atomic E-state index is 0.0130. The van der Waals surface area contributed by atoms with Gasteiger partial charge in [0.1, 0.15) is 6.04 Å². The van der Waals surface area contributed by atoms with Crippen LogP contribution in [0.2, 0.25) is 0 Å². The summed E-state index contributed by atoms with van der Waals surface area (Å²) in [7, 11) is 2.10. The van der Waals surface area contributed by atoms with E-state index >= 15 is 0 Å². The molecule has 6 rings (SSSR count). The second kappa shape index (κ2) is 12.4. The van der Waals surface area contributed by atoms with E-state index in [1.807, 2.05) is 78.7 Å². The van der Waals surface area contributed by atoms with Gasteiger partial charge in [-0.3, -0.25) is 14.4 Å². The Labute approximate surface area is 252 Å². The average molecular weight is 578 g/mol. The monoisotopic (exact) mass is 577 g/mol. The Balaban J connectivity index is 1.19. The third-order valence-electron chi connectivity index (χ3n) is 9.04. The molecule has 43 heavy (non-hydrogen) atoms. The molecular weight excluding hydrogens is 538 g/mol. The van der Waals surface area contributed by atoms with Crippen molar-refractivity contribution in [3.63, 3.8) is 0 Å². The van der Waals surface area contributed by atoms with Crippen molar-refractivity contribution >= 4 is 34.3 Å². The van der Waals surface area contributed by atoms with Gasteiger partial charge in [-0.1, -0.05) is 49.4 Å². The van der Waals surface area contributed by atoms with Crippen molar-refractivity contribution in [2.45, 2.75) is 44.7 Å². The lowest BCUT2D eigenvalue weighted by atomic mass is 9.90. The molecule has 0 aliphatic carbocycles. The number of carbonyl (C=O) groups excluding carboxylic acids is 3. The largest absolute Gasteiger partial charge is 0.361 e. The molecule has 3 N–H and O–H groups in total. The van der Waals surface area contributed by atoms with Gasteiger partial charge in [0.15, 0.2) is 0 Å². The summed E-state index contributed by atoms with van der Waals surface area (Å²) < 4.78 is 0. The first kappa shape index (κ1) is 28.7. The molecule has 3 heterocycles. The lowest BCUT2D eigenvalue weighted by molar-refractivity contribution is -0.130. The number of aromatic amines is 1. The third-order valence-corrected chi connectivity index (χ3v) is 9.04. The number of likely N-dealkylation sites (N-methyl/N-ethyl adjacent to an activating group) is 1. The first-order valence-corrected chi connectivity index (χ1v) is 15.2. The zero-order chi connectivity index (χ0) is 29.9. The SMILES string of the molecule is CC(c1c[nH]c2ccccc12)C(NC(=O)C1CCN(C(=O)c2ccccc2)CC1)C(=O)Nc1ccc2c(c1)CN(C)CC2. The number of hydrogen-bond acceptors (Lipinski definition) is 4. The fourth-order valence-corrected chi connectivity index (χ4v) is 6.44. The van der Waals surface area contributed by atoms with Crippen molar-refractivity contribution in [3.05, 3.63) is 101 Å². The molecule has 1 aromatic heterocycles. The second-order valence-corrected chi connectivity index (χ2v) is 12.0. The number of benzene rings is 3. The Morgan fingerprint density at radius 2 is 1.65 bits per heavy atom. The molecule has 3 amide bonds. The van der Waals surface area contributed by atoms with Crippen molar-refractivity contribution in [2.24, 2.45) is 5.92 Å². The molecule has 3 aromatic carbocycles. The van der Waals surface area contributed by atoms with Crippen LogP contribution in [-0.4, -0.2) is 65.2 Å². The van der Waals surface area contributed by atoms with Gasteiger partial charge >= 0.3 is 0 Å².